The number of carbonyl (C=O) groups excluding carboxylic acids is 3. The summed E-state index contributed by atoms with van der Waals surface area (Å²) in [6.07, 6.45) is 3.11. The standard InChI is InChI=1S/C28H29N3O3/c1-19-17-23(20(2)30(19)16-14-21-9-4-3-5-10-21)25(32)18-31-26(33)28(29-27(31)34)15-8-12-22-11-6-7-13-24(22)28/h3-7,9-11,13,17H,8,12,14-16,18H2,1-2H3,(H,29,34)/t28-/m0/s1. The lowest BCUT2D eigenvalue weighted by Crippen LogP contribution is -2.46. The third-order valence-electron chi connectivity index (χ3n) is 7.29. The SMILES string of the molecule is Cc1cc(C(=O)CN2C(=O)N[C@]3(CCCc4ccccc43)C2=O)c(C)n1CCc1ccccc1. The number of ketones is 1. The highest BCUT2D eigenvalue weighted by molar-refractivity contribution is 6.11. The lowest BCUT2D eigenvalue weighted by molar-refractivity contribution is -0.131. The minimum absolute atomic E-state index is 0.219. The highest BCUT2D eigenvalue weighted by Crippen LogP contribution is 2.40. The number of fused-ring (bicyclic) bond motifs is 2. The maximum atomic E-state index is 13.5. The molecule has 0 saturated carbocycles. The van der Waals surface area contributed by atoms with Crippen LogP contribution in [0.15, 0.2) is 60.7 Å². The van der Waals surface area contributed by atoms with Gasteiger partial charge in [0.15, 0.2) is 5.78 Å². The number of carbonyl (C=O) groups is 3. The first-order valence-electron chi connectivity index (χ1n) is 11.9. The Morgan fingerprint density at radius 2 is 1.76 bits per heavy atom. The molecule has 1 spiro atoms. The Hall–Kier alpha value is -3.67. The van der Waals surface area contributed by atoms with Gasteiger partial charge in [-0.15, -0.1) is 0 Å². The minimum Gasteiger partial charge on any atom is -0.348 e. The number of hydrogen-bond acceptors (Lipinski definition) is 3. The number of rotatable bonds is 6. The van der Waals surface area contributed by atoms with Crippen LogP contribution in [0.5, 0.6) is 0 Å². The van der Waals surface area contributed by atoms with E-state index in [-0.39, 0.29) is 18.2 Å². The number of nitrogens with zero attached hydrogens (tertiary/aromatic N) is 2. The van der Waals surface area contributed by atoms with Crippen molar-refractivity contribution in [2.75, 3.05) is 6.54 Å². The molecule has 174 valence electrons. The molecule has 1 atom stereocenters. The minimum atomic E-state index is -1.06. The monoisotopic (exact) mass is 455 g/mol. The summed E-state index contributed by atoms with van der Waals surface area (Å²) in [5.74, 6) is -0.542. The molecule has 3 aromatic rings. The first-order chi connectivity index (χ1) is 16.4. The van der Waals surface area contributed by atoms with Crippen molar-refractivity contribution < 1.29 is 14.4 Å². The van der Waals surface area contributed by atoms with Crippen molar-refractivity contribution in [1.29, 1.82) is 0 Å². The molecule has 6 heteroatoms. The molecule has 1 fully saturated rings. The topological polar surface area (TPSA) is 71.4 Å². The number of aryl methyl sites for hydroxylation is 3. The van der Waals surface area contributed by atoms with Gasteiger partial charge in [-0.25, -0.2) is 4.79 Å². The Morgan fingerprint density at radius 3 is 2.56 bits per heavy atom. The molecule has 1 saturated heterocycles. The van der Waals surface area contributed by atoms with Crippen LogP contribution in [0.3, 0.4) is 0 Å². The van der Waals surface area contributed by atoms with Crippen LogP contribution in [0.4, 0.5) is 4.79 Å². The molecular formula is C28H29N3O3. The summed E-state index contributed by atoms with van der Waals surface area (Å²) in [6.45, 7) is 4.42. The molecule has 2 aliphatic rings. The second kappa shape index (κ2) is 8.60. The molecule has 1 N–H and O–H groups in total. The number of aromatic nitrogens is 1. The molecule has 1 aliphatic heterocycles. The van der Waals surface area contributed by atoms with Crippen molar-refractivity contribution in [1.82, 2.24) is 14.8 Å². The van der Waals surface area contributed by atoms with Gasteiger partial charge in [0.05, 0.1) is 6.54 Å². The predicted molar refractivity (Wildman–Crippen MR) is 130 cm³/mol. The predicted octanol–water partition coefficient (Wildman–Crippen LogP) is 4.31. The number of nitrogens with one attached hydrogen (secondary N) is 1. The zero-order valence-corrected chi connectivity index (χ0v) is 19.6. The number of benzene rings is 2. The molecule has 3 amide bonds. The molecular weight excluding hydrogens is 426 g/mol. The fraction of sp³-hybridized carbons (Fsp3) is 0.321. The fourth-order valence-electron chi connectivity index (χ4n) is 5.50. The Bertz CT molecular complexity index is 1280. The zero-order valence-electron chi connectivity index (χ0n) is 19.6. The van der Waals surface area contributed by atoms with Crippen molar-refractivity contribution in [2.24, 2.45) is 0 Å². The van der Waals surface area contributed by atoms with Crippen molar-refractivity contribution in [3.05, 3.63) is 94.3 Å². The van der Waals surface area contributed by atoms with E-state index in [2.05, 4.69) is 22.0 Å². The van der Waals surface area contributed by atoms with E-state index in [1.807, 2.05) is 62.4 Å². The second-order valence-corrected chi connectivity index (χ2v) is 9.33. The van der Waals surface area contributed by atoms with Crippen LogP contribution in [0.1, 0.15) is 51.3 Å². The summed E-state index contributed by atoms with van der Waals surface area (Å²) in [4.78, 5) is 40.8. The smallest absolute Gasteiger partial charge is 0.325 e. The average Bonchev–Trinajstić information content (AvgIpc) is 3.26. The van der Waals surface area contributed by atoms with Gasteiger partial charge >= 0.3 is 6.03 Å². The van der Waals surface area contributed by atoms with Crippen molar-refractivity contribution >= 4 is 17.7 Å². The van der Waals surface area contributed by atoms with Crippen molar-refractivity contribution in [3.63, 3.8) is 0 Å². The fourth-order valence-corrected chi connectivity index (χ4v) is 5.50. The first kappa shape index (κ1) is 22.1. The van der Waals surface area contributed by atoms with Crippen LogP contribution < -0.4 is 5.32 Å². The normalized spacial score (nSPS) is 19.4. The van der Waals surface area contributed by atoms with Crippen molar-refractivity contribution in [3.8, 4) is 0 Å². The van der Waals surface area contributed by atoms with Gasteiger partial charge in [-0.3, -0.25) is 14.5 Å². The maximum Gasteiger partial charge on any atom is 0.325 e. The van der Waals surface area contributed by atoms with Gasteiger partial charge in [0.1, 0.15) is 5.54 Å². The summed E-state index contributed by atoms with van der Waals surface area (Å²) in [5.41, 5.74) is 4.54. The van der Waals surface area contributed by atoms with Gasteiger partial charge in [0, 0.05) is 23.5 Å². The van der Waals surface area contributed by atoms with Crippen LogP contribution in [0.2, 0.25) is 0 Å². The number of amides is 3. The molecule has 2 aromatic carbocycles. The largest absolute Gasteiger partial charge is 0.348 e. The summed E-state index contributed by atoms with van der Waals surface area (Å²) in [5, 5.41) is 2.93. The molecule has 1 aromatic heterocycles. The van der Waals surface area contributed by atoms with Gasteiger partial charge in [0.25, 0.3) is 5.91 Å². The summed E-state index contributed by atoms with van der Waals surface area (Å²) < 4.78 is 2.13. The average molecular weight is 456 g/mol. The van der Waals surface area contributed by atoms with E-state index in [4.69, 9.17) is 0 Å². The number of urea groups is 1. The van der Waals surface area contributed by atoms with Crippen LogP contribution in [-0.4, -0.2) is 33.7 Å². The van der Waals surface area contributed by atoms with Gasteiger partial charge in [0.2, 0.25) is 0 Å². The van der Waals surface area contributed by atoms with Crippen LogP contribution in [-0.2, 0) is 29.7 Å². The summed E-state index contributed by atoms with van der Waals surface area (Å²) in [7, 11) is 0. The highest BCUT2D eigenvalue weighted by atomic mass is 16.2. The molecule has 6 nitrogen and oxygen atoms in total. The summed E-state index contributed by atoms with van der Waals surface area (Å²) >= 11 is 0. The van der Waals surface area contributed by atoms with E-state index < -0.39 is 11.6 Å². The van der Waals surface area contributed by atoms with Crippen LogP contribution in [0.25, 0.3) is 0 Å². The van der Waals surface area contributed by atoms with Crippen LogP contribution in [0, 0.1) is 13.8 Å². The van der Waals surface area contributed by atoms with E-state index in [0.717, 1.165) is 53.2 Å². The Morgan fingerprint density at radius 1 is 1.03 bits per heavy atom. The molecule has 1 aliphatic carbocycles. The molecule has 0 unspecified atom stereocenters. The van der Waals surface area contributed by atoms with Gasteiger partial charge in [-0.2, -0.15) is 0 Å². The number of hydrogen-bond donors (Lipinski definition) is 1. The lowest BCUT2D eigenvalue weighted by Gasteiger charge is -2.33. The van der Waals surface area contributed by atoms with Gasteiger partial charge in [-0.05, 0) is 62.3 Å². The second-order valence-electron chi connectivity index (χ2n) is 9.33. The van der Waals surface area contributed by atoms with E-state index in [1.54, 1.807) is 0 Å². The highest BCUT2D eigenvalue weighted by Gasteiger charge is 2.54. The Labute approximate surface area is 199 Å². The van der Waals surface area contributed by atoms with Gasteiger partial charge < -0.3 is 9.88 Å². The Balaban J connectivity index is 1.35. The molecule has 5 rings (SSSR count). The third-order valence-corrected chi connectivity index (χ3v) is 7.29. The molecule has 34 heavy (non-hydrogen) atoms. The zero-order chi connectivity index (χ0) is 23.9. The van der Waals surface area contributed by atoms with Gasteiger partial charge in [-0.1, -0.05) is 54.6 Å². The lowest BCUT2D eigenvalue weighted by atomic mass is 9.76. The quantitative estimate of drug-likeness (QED) is 0.445. The Kier molecular flexibility index (Phi) is 5.60. The molecule has 2 heterocycles. The third kappa shape index (κ3) is 3.63. The maximum absolute atomic E-state index is 13.5. The molecule has 0 radical (unpaired) electrons. The van der Waals surface area contributed by atoms with E-state index in [9.17, 15) is 14.4 Å². The van der Waals surface area contributed by atoms with Crippen molar-refractivity contribution in [2.45, 2.75) is 51.6 Å². The van der Waals surface area contributed by atoms with Crippen LogP contribution >= 0.6 is 0 Å². The van der Waals surface area contributed by atoms with E-state index >= 15 is 0 Å². The number of imide groups is 1. The molecule has 0 bridgehead atoms. The first-order valence-corrected chi connectivity index (χ1v) is 11.9. The number of Topliss-reactive ketones (excluding diaryl/α,β-unsaturated/α-hetero) is 1. The van der Waals surface area contributed by atoms with E-state index in [1.165, 1.54) is 5.56 Å². The summed E-state index contributed by atoms with van der Waals surface area (Å²) in [6, 6.07) is 19.4. The van der Waals surface area contributed by atoms with E-state index in [0.29, 0.717) is 12.0 Å².